The fourth-order valence-corrected chi connectivity index (χ4v) is 3.83. The molecule has 1 aromatic carbocycles. The fraction of sp³-hybridized carbons (Fsp3) is 0.211. The molecule has 8 heteroatoms. The smallest absolute Gasteiger partial charge is 0.351 e. The Bertz CT molecular complexity index is 1030. The first-order chi connectivity index (χ1) is 12.9. The summed E-state index contributed by atoms with van der Waals surface area (Å²) in [6, 6.07) is 8.79. The second-order valence-corrected chi connectivity index (χ2v) is 6.96. The highest BCUT2D eigenvalue weighted by atomic mass is 32.1. The third-order valence-corrected chi connectivity index (χ3v) is 4.98. The van der Waals surface area contributed by atoms with Crippen LogP contribution in [-0.4, -0.2) is 30.6 Å². The Morgan fingerprint density at radius 2 is 2.04 bits per heavy atom. The lowest BCUT2D eigenvalue weighted by molar-refractivity contribution is -0.119. The van der Waals surface area contributed by atoms with Gasteiger partial charge in [0.25, 0.3) is 5.91 Å². The lowest BCUT2D eigenvalue weighted by Crippen LogP contribution is -2.20. The molecule has 0 fully saturated rings. The number of carbonyl (C=O) groups is 2. The number of hydrogen-bond donors (Lipinski definition) is 2. The van der Waals surface area contributed by atoms with Crippen molar-refractivity contribution in [2.45, 2.75) is 13.8 Å². The number of fused-ring (bicyclic) bond motifs is 1. The number of hydrogen-bond acceptors (Lipinski definition) is 7. The summed E-state index contributed by atoms with van der Waals surface area (Å²) in [6.07, 6.45) is 0. The van der Waals surface area contributed by atoms with Crippen LogP contribution >= 0.6 is 11.3 Å². The first kappa shape index (κ1) is 18.7. The molecule has 0 spiro atoms. The van der Waals surface area contributed by atoms with Gasteiger partial charge in [0.15, 0.2) is 6.61 Å². The zero-order chi connectivity index (χ0) is 19.6. The summed E-state index contributed by atoms with van der Waals surface area (Å²) in [6.45, 7) is 3.37. The molecule has 0 saturated heterocycles. The Balaban J connectivity index is 1.68. The molecule has 3 aromatic rings. The van der Waals surface area contributed by atoms with Crippen molar-refractivity contribution < 1.29 is 19.1 Å². The number of aryl methyl sites for hydroxylation is 2. The first-order valence-electron chi connectivity index (χ1n) is 8.16. The van der Waals surface area contributed by atoms with Gasteiger partial charge in [-0.05, 0) is 37.6 Å². The number of thiophene rings is 1. The Morgan fingerprint density at radius 3 is 2.78 bits per heavy atom. The number of esters is 1. The van der Waals surface area contributed by atoms with Gasteiger partial charge in [0, 0.05) is 22.8 Å². The van der Waals surface area contributed by atoms with E-state index in [9.17, 15) is 9.59 Å². The average Bonchev–Trinajstić information content (AvgIpc) is 2.96. The Kier molecular flexibility index (Phi) is 5.27. The molecule has 2 heterocycles. The van der Waals surface area contributed by atoms with Gasteiger partial charge in [0.05, 0.1) is 12.8 Å². The number of aromatic nitrogens is 1. The monoisotopic (exact) mass is 385 g/mol. The van der Waals surface area contributed by atoms with Gasteiger partial charge in [-0.15, -0.1) is 11.3 Å². The summed E-state index contributed by atoms with van der Waals surface area (Å²) in [7, 11) is 1.54. The van der Waals surface area contributed by atoms with Crippen LogP contribution in [0.5, 0.6) is 5.75 Å². The van der Waals surface area contributed by atoms with Crippen LogP contribution in [0.2, 0.25) is 0 Å². The highest BCUT2D eigenvalue weighted by Crippen LogP contribution is 2.35. The summed E-state index contributed by atoms with van der Waals surface area (Å²) >= 11 is 1.16. The number of rotatable bonds is 5. The van der Waals surface area contributed by atoms with Crippen molar-refractivity contribution in [1.82, 2.24) is 4.98 Å². The summed E-state index contributed by atoms with van der Waals surface area (Å²) in [5.74, 6) is -0.490. The van der Waals surface area contributed by atoms with Crippen molar-refractivity contribution in [3.8, 4) is 5.75 Å². The van der Waals surface area contributed by atoms with Gasteiger partial charge in [-0.1, -0.05) is 6.07 Å². The SMILES string of the molecule is COc1cccc(NC(=O)COC(=O)c2sc3nc(C)cc(C)c3c2N)c1. The largest absolute Gasteiger partial charge is 0.497 e. The Labute approximate surface area is 160 Å². The lowest BCUT2D eigenvalue weighted by atomic mass is 10.1. The van der Waals surface area contributed by atoms with Crippen molar-refractivity contribution in [3.63, 3.8) is 0 Å². The molecule has 0 atom stereocenters. The van der Waals surface area contributed by atoms with E-state index in [1.165, 1.54) is 7.11 Å². The van der Waals surface area contributed by atoms with Crippen LogP contribution in [0.1, 0.15) is 20.9 Å². The van der Waals surface area contributed by atoms with Gasteiger partial charge >= 0.3 is 5.97 Å². The van der Waals surface area contributed by atoms with E-state index in [-0.39, 0.29) is 4.88 Å². The van der Waals surface area contributed by atoms with Crippen LogP contribution < -0.4 is 15.8 Å². The zero-order valence-electron chi connectivity index (χ0n) is 15.2. The summed E-state index contributed by atoms with van der Waals surface area (Å²) in [5.41, 5.74) is 8.78. The van der Waals surface area contributed by atoms with Gasteiger partial charge in [-0.3, -0.25) is 4.79 Å². The molecular formula is C19H19N3O4S. The third-order valence-electron chi connectivity index (χ3n) is 3.90. The molecule has 0 aliphatic carbocycles. The molecule has 0 unspecified atom stereocenters. The number of nitrogens with zero attached hydrogens (tertiary/aromatic N) is 1. The summed E-state index contributed by atoms with van der Waals surface area (Å²) in [4.78, 5) is 29.7. The van der Waals surface area contributed by atoms with Crippen molar-refractivity contribution in [1.29, 1.82) is 0 Å². The van der Waals surface area contributed by atoms with Gasteiger partial charge in [0.1, 0.15) is 15.5 Å². The topological polar surface area (TPSA) is 104 Å². The van der Waals surface area contributed by atoms with Crippen LogP contribution in [0.25, 0.3) is 10.2 Å². The molecule has 0 radical (unpaired) electrons. The normalized spacial score (nSPS) is 10.6. The Morgan fingerprint density at radius 1 is 1.26 bits per heavy atom. The van der Waals surface area contributed by atoms with E-state index in [0.29, 0.717) is 22.0 Å². The molecule has 1 amide bonds. The predicted octanol–water partition coefficient (Wildman–Crippen LogP) is 3.30. The van der Waals surface area contributed by atoms with Crippen molar-refractivity contribution in [2.75, 3.05) is 24.8 Å². The Hall–Kier alpha value is -3.13. The first-order valence-corrected chi connectivity index (χ1v) is 8.98. The van der Waals surface area contributed by atoms with Crippen molar-refractivity contribution >= 4 is 44.8 Å². The number of nitrogens with two attached hydrogens (primary N) is 1. The molecule has 3 N–H and O–H groups in total. The fourth-order valence-electron chi connectivity index (χ4n) is 2.72. The third kappa shape index (κ3) is 4.01. The van der Waals surface area contributed by atoms with E-state index < -0.39 is 18.5 Å². The molecule has 0 saturated carbocycles. The number of ether oxygens (including phenoxy) is 2. The van der Waals surface area contributed by atoms with E-state index in [1.54, 1.807) is 24.3 Å². The second-order valence-electron chi connectivity index (χ2n) is 5.96. The standard InChI is InChI=1S/C19H19N3O4S/c1-10-7-11(2)21-18-15(10)16(20)17(27-18)19(24)26-9-14(23)22-12-5-4-6-13(8-12)25-3/h4-8H,9,20H2,1-3H3,(H,22,23). The van der Waals surface area contributed by atoms with Crippen molar-refractivity contribution in [2.24, 2.45) is 0 Å². The van der Waals surface area contributed by atoms with Crippen LogP contribution in [0.15, 0.2) is 30.3 Å². The molecule has 0 aliphatic heterocycles. The van der Waals surface area contributed by atoms with E-state index in [2.05, 4.69) is 10.3 Å². The highest BCUT2D eigenvalue weighted by molar-refractivity contribution is 7.21. The molecule has 3 rings (SSSR count). The number of benzene rings is 1. The summed E-state index contributed by atoms with van der Waals surface area (Å²) < 4.78 is 10.2. The molecule has 7 nitrogen and oxygen atoms in total. The van der Waals surface area contributed by atoms with Crippen molar-refractivity contribution in [3.05, 3.63) is 46.5 Å². The number of pyridine rings is 1. The molecular weight excluding hydrogens is 366 g/mol. The van der Waals surface area contributed by atoms with Crippen LogP contribution in [0.3, 0.4) is 0 Å². The van der Waals surface area contributed by atoms with E-state index >= 15 is 0 Å². The number of methoxy groups -OCH3 is 1. The quantitative estimate of drug-likeness (QED) is 0.653. The molecule has 0 aliphatic rings. The minimum absolute atomic E-state index is 0.250. The maximum absolute atomic E-state index is 12.4. The molecule has 2 aromatic heterocycles. The van der Waals surface area contributed by atoms with Gasteiger partial charge in [-0.25, -0.2) is 9.78 Å². The number of carbonyl (C=O) groups excluding carboxylic acids is 2. The van der Waals surface area contributed by atoms with E-state index in [4.69, 9.17) is 15.2 Å². The number of anilines is 2. The zero-order valence-corrected chi connectivity index (χ0v) is 16.0. The van der Waals surface area contributed by atoms with E-state index in [0.717, 1.165) is 28.0 Å². The van der Waals surface area contributed by atoms with Crippen LogP contribution in [0, 0.1) is 13.8 Å². The van der Waals surface area contributed by atoms with Gasteiger partial charge in [0.2, 0.25) is 0 Å². The predicted molar refractivity (Wildman–Crippen MR) is 105 cm³/mol. The number of amides is 1. The van der Waals surface area contributed by atoms with E-state index in [1.807, 2.05) is 19.9 Å². The minimum Gasteiger partial charge on any atom is -0.497 e. The average molecular weight is 385 g/mol. The minimum atomic E-state index is -0.645. The lowest BCUT2D eigenvalue weighted by Gasteiger charge is -2.07. The van der Waals surface area contributed by atoms with Gasteiger partial charge < -0.3 is 20.5 Å². The second kappa shape index (κ2) is 7.63. The molecule has 27 heavy (non-hydrogen) atoms. The summed E-state index contributed by atoms with van der Waals surface area (Å²) in [5, 5.41) is 3.39. The molecule has 140 valence electrons. The van der Waals surface area contributed by atoms with Gasteiger partial charge in [-0.2, -0.15) is 0 Å². The number of nitrogens with one attached hydrogen (secondary N) is 1. The van der Waals surface area contributed by atoms with Crippen LogP contribution in [-0.2, 0) is 9.53 Å². The maximum atomic E-state index is 12.4. The maximum Gasteiger partial charge on any atom is 0.351 e. The molecule has 0 bridgehead atoms. The van der Waals surface area contributed by atoms with Crippen LogP contribution in [0.4, 0.5) is 11.4 Å². The number of nitrogen functional groups attached to an aromatic ring is 1. The highest BCUT2D eigenvalue weighted by Gasteiger charge is 2.21.